The fourth-order valence-electron chi connectivity index (χ4n) is 5.20. The lowest BCUT2D eigenvalue weighted by Crippen LogP contribution is -2.47. The van der Waals surface area contributed by atoms with Crippen LogP contribution in [0.15, 0.2) is 29.3 Å². The molecule has 2 aliphatic heterocycles. The molecule has 0 unspecified atom stereocenters. The molecular formula is C27H31F3N6O2S2. The van der Waals surface area contributed by atoms with E-state index < -0.39 is 11.7 Å². The summed E-state index contributed by atoms with van der Waals surface area (Å²) in [6.07, 6.45) is -1.31. The van der Waals surface area contributed by atoms with E-state index in [9.17, 15) is 18.3 Å². The number of fused-ring (bicyclic) bond motifs is 2. The molecule has 0 radical (unpaired) electrons. The van der Waals surface area contributed by atoms with E-state index in [0.29, 0.717) is 30.1 Å². The predicted octanol–water partition coefficient (Wildman–Crippen LogP) is 5.15. The number of nitrogens with one attached hydrogen (secondary N) is 1. The van der Waals surface area contributed by atoms with E-state index in [4.69, 9.17) is 9.72 Å². The summed E-state index contributed by atoms with van der Waals surface area (Å²) >= 11 is 2.97. The van der Waals surface area contributed by atoms with Crippen molar-refractivity contribution >= 4 is 40.6 Å². The number of halogens is 3. The number of thioether (sulfide) groups is 1. The summed E-state index contributed by atoms with van der Waals surface area (Å²) in [7, 11) is 0. The Morgan fingerprint density at radius 1 is 1.15 bits per heavy atom. The lowest BCUT2D eigenvalue weighted by atomic mass is 10.2. The Labute approximate surface area is 239 Å². The molecule has 1 spiro atoms. The molecule has 1 aliphatic carbocycles. The predicted molar refractivity (Wildman–Crippen MR) is 151 cm³/mol. The first-order valence-corrected chi connectivity index (χ1v) is 15.3. The van der Waals surface area contributed by atoms with Crippen molar-refractivity contribution in [2.45, 2.75) is 42.9 Å². The van der Waals surface area contributed by atoms with Gasteiger partial charge in [0.1, 0.15) is 17.0 Å². The molecule has 3 aromatic heterocycles. The molecule has 3 aliphatic rings. The Morgan fingerprint density at radius 2 is 1.95 bits per heavy atom. The molecule has 2 N–H and O–H groups in total. The molecular weight excluding hydrogens is 561 g/mol. The lowest BCUT2D eigenvalue weighted by molar-refractivity contribution is -0.137. The summed E-state index contributed by atoms with van der Waals surface area (Å²) in [6, 6.07) is 5.63. The van der Waals surface area contributed by atoms with Crippen LogP contribution in [-0.2, 0) is 22.9 Å². The number of β-amino-alcohol motifs (C(OH)–C–C–N with tert-alkyl or cyclic N) is 1. The normalized spacial score (nSPS) is 19.0. The van der Waals surface area contributed by atoms with Crippen LogP contribution >= 0.6 is 23.1 Å². The number of ether oxygens (including phenoxy) is 1. The SMILES string of the molecule is CCc1nc(N2CCN(CCO)CC2)ccc1Nc1ncc(C(F)(F)F)c(-c2cc3c(s2)C2(CC2)OCCS3)n1. The molecule has 13 heteroatoms. The van der Waals surface area contributed by atoms with Crippen molar-refractivity contribution in [3.63, 3.8) is 0 Å². The Kier molecular flexibility index (Phi) is 7.68. The Morgan fingerprint density at radius 3 is 2.65 bits per heavy atom. The molecule has 6 rings (SSSR count). The van der Waals surface area contributed by atoms with E-state index in [2.05, 4.69) is 25.1 Å². The summed E-state index contributed by atoms with van der Waals surface area (Å²) in [4.78, 5) is 20.2. The Bertz CT molecular complexity index is 1370. The summed E-state index contributed by atoms with van der Waals surface area (Å²) in [5, 5.41) is 12.3. The third kappa shape index (κ3) is 5.54. The first-order valence-electron chi connectivity index (χ1n) is 13.5. The van der Waals surface area contributed by atoms with Crippen molar-refractivity contribution in [3.05, 3.63) is 40.5 Å². The maximum atomic E-state index is 14.1. The number of rotatable bonds is 7. The highest BCUT2D eigenvalue weighted by molar-refractivity contribution is 7.99. The van der Waals surface area contributed by atoms with Gasteiger partial charge < -0.3 is 20.1 Å². The molecule has 5 heterocycles. The van der Waals surface area contributed by atoms with Crippen LogP contribution in [-0.4, -0.2) is 76.6 Å². The number of anilines is 3. The molecule has 40 heavy (non-hydrogen) atoms. The molecule has 0 bridgehead atoms. The third-order valence-corrected chi connectivity index (χ3v) is 9.98. The zero-order valence-electron chi connectivity index (χ0n) is 22.1. The number of hydrogen-bond donors (Lipinski definition) is 2. The smallest absolute Gasteiger partial charge is 0.395 e. The van der Waals surface area contributed by atoms with E-state index in [0.717, 1.165) is 72.3 Å². The summed E-state index contributed by atoms with van der Waals surface area (Å²) in [5.74, 6) is 1.72. The van der Waals surface area contributed by atoms with Gasteiger partial charge in [0.2, 0.25) is 5.95 Å². The fraction of sp³-hybridized carbons (Fsp3) is 0.519. The second kappa shape index (κ2) is 11.1. The number of aliphatic hydroxyl groups is 1. The number of aliphatic hydroxyl groups excluding tert-OH is 1. The minimum Gasteiger partial charge on any atom is -0.395 e. The van der Waals surface area contributed by atoms with Gasteiger partial charge in [-0.2, -0.15) is 13.2 Å². The van der Waals surface area contributed by atoms with Crippen LogP contribution in [0.3, 0.4) is 0 Å². The number of piperazine rings is 1. The van der Waals surface area contributed by atoms with Crippen molar-refractivity contribution in [2.24, 2.45) is 0 Å². The van der Waals surface area contributed by atoms with Gasteiger partial charge in [0.05, 0.1) is 40.0 Å². The summed E-state index contributed by atoms with van der Waals surface area (Å²) < 4.78 is 48.2. The van der Waals surface area contributed by atoms with Crippen LogP contribution in [0.4, 0.5) is 30.6 Å². The average Bonchev–Trinajstić information content (AvgIpc) is 3.64. The zero-order chi connectivity index (χ0) is 27.9. The molecule has 1 saturated carbocycles. The molecule has 0 aromatic carbocycles. The molecule has 3 aromatic rings. The molecule has 2 fully saturated rings. The second-order valence-electron chi connectivity index (χ2n) is 10.1. The maximum Gasteiger partial charge on any atom is 0.420 e. The average molecular weight is 593 g/mol. The van der Waals surface area contributed by atoms with Crippen LogP contribution in [0.1, 0.15) is 35.9 Å². The van der Waals surface area contributed by atoms with Gasteiger partial charge in [-0.1, -0.05) is 6.92 Å². The fourth-order valence-corrected chi connectivity index (χ4v) is 7.74. The van der Waals surface area contributed by atoms with Gasteiger partial charge in [-0.05, 0) is 37.5 Å². The number of aromatic nitrogens is 3. The van der Waals surface area contributed by atoms with Gasteiger partial charge in [-0.3, -0.25) is 4.90 Å². The number of hydrogen-bond acceptors (Lipinski definition) is 10. The Hall–Kier alpha value is -2.45. The van der Waals surface area contributed by atoms with Gasteiger partial charge in [0.25, 0.3) is 0 Å². The van der Waals surface area contributed by atoms with Gasteiger partial charge >= 0.3 is 6.18 Å². The minimum absolute atomic E-state index is 0.0958. The van der Waals surface area contributed by atoms with Crippen molar-refractivity contribution in [1.82, 2.24) is 19.9 Å². The number of thiophene rings is 1. The third-order valence-electron chi connectivity index (χ3n) is 7.52. The molecule has 0 amide bonds. The highest BCUT2D eigenvalue weighted by atomic mass is 32.2. The van der Waals surface area contributed by atoms with Gasteiger partial charge in [-0.15, -0.1) is 23.1 Å². The van der Waals surface area contributed by atoms with Crippen LogP contribution in [0.2, 0.25) is 0 Å². The van der Waals surface area contributed by atoms with Crippen molar-refractivity contribution < 1.29 is 23.0 Å². The zero-order valence-corrected chi connectivity index (χ0v) is 23.8. The van der Waals surface area contributed by atoms with E-state index in [-0.39, 0.29) is 23.9 Å². The lowest BCUT2D eigenvalue weighted by Gasteiger charge is -2.35. The topological polar surface area (TPSA) is 86.6 Å². The molecule has 8 nitrogen and oxygen atoms in total. The van der Waals surface area contributed by atoms with E-state index >= 15 is 0 Å². The molecule has 1 saturated heterocycles. The van der Waals surface area contributed by atoms with E-state index in [1.165, 1.54) is 11.3 Å². The minimum atomic E-state index is -4.59. The standard InChI is InChI=1S/C27H31F3N6O2S2/c1-2-18-19(3-4-22(32-18)36-9-7-35(8-10-36)11-12-37)33-25-31-16-17(27(28,29)30)23(34-25)20-15-21-24(40-20)26(5-6-26)38-13-14-39-21/h3-4,15-16,37H,2,5-14H2,1H3,(H,31,33,34). The van der Waals surface area contributed by atoms with E-state index in [1.807, 2.05) is 25.1 Å². The highest BCUT2D eigenvalue weighted by Gasteiger charge is 2.50. The highest BCUT2D eigenvalue weighted by Crippen LogP contribution is 2.57. The van der Waals surface area contributed by atoms with Crippen LogP contribution in [0, 0.1) is 0 Å². The maximum absolute atomic E-state index is 14.1. The number of nitrogens with zero attached hydrogens (tertiary/aromatic N) is 5. The summed E-state index contributed by atoms with van der Waals surface area (Å²) in [5.41, 5.74) is 0.132. The first kappa shape index (κ1) is 27.7. The van der Waals surface area contributed by atoms with Crippen molar-refractivity contribution in [3.8, 4) is 10.6 Å². The summed E-state index contributed by atoms with van der Waals surface area (Å²) in [6.45, 7) is 6.77. The van der Waals surface area contributed by atoms with Crippen LogP contribution in [0.25, 0.3) is 10.6 Å². The largest absolute Gasteiger partial charge is 0.420 e. The number of aryl methyl sites for hydroxylation is 1. The van der Waals surface area contributed by atoms with Gasteiger partial charge in [0, 0.05) is 49.6 Å². The first-order chi connectivity index (χ1) is 19.3. The van der Waals surface area contributed by atoms with Crippen molar-refractivity contribution in [1.29, 1.82) is 0 Å². The number of pyridine rings is 1. The molecule has 0 atom stereocenters. The quantitative estimate of drug-likeness (QED) is 0.387. The van der Waals surface area contributed by atoms with Gasteiger partial charge in [0.15, 0.2) is 0 Å². The van der Waals surface area contributed by atoms with Crippen LogP contribution < -0.4 is 10.2 Å². The van der Waals surface area contributed by atoms with Crippen LogP contribution in [0.5, 0.6) is 0 Å². The Balaban J connectivity index is 1.28. The van der Waals surface area contributed by atoms with E-state index in [1.54, 1.807) is 11.8 Å². The monoisotopic (exact) mass is 592 g/mol. The number of alkyl halides is 3. The second-order valence-corrected chi connectivity index (χ2v) is 12.3. The van der Waals surface area contributed by atoms with Gasteiger partial charge in [-0.25, -0.2) is 15.0 Å². The molecule has 214 valence electrons. The van der Waals surface area contributed by atoms with Crippen molar-refractivity contribution in [2.75, 3.05) is 61.9 Å².